The van der Waals surface area contributed by atoms with E-state index in [2.05, 4.69) is 22.3 Å². The Morgan fingerprint density at radius 3 is 2.40 bits per heavy atom. The van der Waals surface area contributed by atoms with Crippen molar-refractivity contribution in [2.75, 3.05) is 20.3 Å². The molecule has 0 aliphatic heterocycles. The third-order valence-electron chi connectivity index (χ3n) is 0.523. The van der Waals surface area contributed by atoms with E-state index in [-0.39, 0.29) is 13.1 Å². The highest BCUT2D eigenvalue weighted by Crippen LogP contribution is 1.97. The summed E-state index contributed by atoms with van der Waals surface area (Å²) in [4.78, 5) is 0. The van der Waals surface area contributed by atoms with E-state index in [9.17, 15) is 8.42 Å². The molecule has 1 atom stereocenters. The Hall–Kier alpha value is 0.260. The zero-order valence-corrected chi connectivity index (χ0v) is 7.41. The second-order valence-corrected chi connectivity index (χ2v) is 2.84. The molecular formula is C3H9O5PS. The van der Waals surface area contributed by atoms with Gasteiger partial charge in [-0.2, -0.15) is 8.42 Å². The number of rotatable bonds is 5. The zero-order chi connectivity index (χ0) is 8.04. The summed E-state index contributed by atoms with van der Waals surface area (Å²) in [6.07, 6.45) is -0.0218. The van der Waals surface area contributed by atoms with Gasteiger partial charge in [-0.15, -0.1) is 9.24 Å². The summed E-state index contributed by atoms with van der Waals surface area (Å²) in [6, 6.07) is 0. The second kappa shape index (κ2) is 4.98. The van der Waals surface area contributed by atoms with Crippen LogP contribution in [-0.2, 0) is 23.5 Å². The molecule has 7 heteroatoms. The normalized spacial score (nSPS) is 11.8. The van der Waals surface area contributed by atoms with Crippen LogP contribution in [0.5, 0.6) is 0 Å². The van der Waals surface area contributed by atoms with Crippen LogP contribution in [0.3, 0.4) is 0 Å². The van der Waals surface area contributed by atoms with Crippen molar-refractivity contribution >= 4 is 19.6 Å². The molecule has 0 aliphatic carbocycles. The molecule has 0 radical (unpaired) electrons. The molecule has 0 N–H and O–H groups in total. The highest BCUT2D eigenvalue weighted by atomic mass is 32.3. The van der Waals surface area contributed by atoms with Crippen molar-refractivity contribution in [3.63, 3.8) is 0 Å². The molecule has 0 aliphatic rings. The van der Waals surface area contributed by atoms with E-state index in [4.69, 9.17) is 0 Å². The van der Waals surface area contributed by atoms with Gasteiger partial charge in [0, 0.05) is 7.11 Å². The summed E-state index contributed by atoms with van der Waals surface area (Å²) in [6.45, 7) is -0.326. The molecule has 0 aromatic carbocycles. The lowest BCUT2D eigenvalue weighted by Crippen LogP contribution is -2.10. The Bertz CT molecular complexity index is 164. The van der Waals surface area contributed by atoms with E-state index in [1.165, 1.54) is 7.11 Å². The van der Waals surface area contributed by atoms with Crippen molar-refractivity contribution in [1.82, 2.24) is 0 Å². The summed E-state index contributed by atoms with van der Waals surface area (Å²) >= 11 is 0. The maximum Gasteiger partial charge on any atom is 0.402 e. The number of hydrogen-bond donors (Lipinski definition) is 0. The van der Waals surface area contributed by atoms with Crippen LogP contribution in [0.15, 0.2) is 0 Å². The molecule has 62 valence electrons. The minimum Gasteiger partial charge on any atom is -0.357 e. The molecule has 0 rings (SSSR count). The Morgan fingerprint density at radius 1 is 1.40 bits per heavy atom. The SMILES string of the molecule is COCOS(=O)(=O)OCP. The van der Waals surface area contributed by atoms with Crippen LogP contribution in [0, 0.1) is 0 Å². The predicted molar refractivity (Wildman–Crippen MR) is 37.5 cm³/mol. The highest BCUT2D eigenvalue weighted by molar-refractivity contribution is 7.82. The maximum atomic E-state index is 10.5. The first-order chi connectivity index (χ1) is 4.62. The molecule has 1 unspecified atom stereocenters. The molecule has 0 bridgehead atoms. The lowest BCUT2D eigenvalue weighted by molar-refractivity contribution is 0.0439. The Labute approximate surface area is 62.2 Å². The largest absolute Gasteiger partial charge is 0.402 e. The summed E-state index contributed by atoms with van der Waals surface area (Å²) in [5, 5.41) is 0. The zero-order valence-electron chi connectivity index (χ0n) is 5.44. The molecule has 0 fully saturated rings. The molecule has 0 saturated carbocycles. The van der Waals surface area contributed by atoms with E-state index < -0.39 is 10.4 Å². The number of methoxy groups -OCH3 is 1. The lowest BCUT2D eigenvalue weighted by atomic mass is 11.4. The van der Waals surface area contributed by atoms with Crippen LogP contribution in [0.25, 0.3) is 0 Å². The summed E-state index contributed by atoms with van der Waals surface area (Å²) in [5.41, 5.74) is 0. The minimum absolute atomic E-state index is 0.0218. The first kappa shape index (κ1) is 10.3. The maximum absolute atomic E-state index is 10.5. The van der Waals surface area contributed by atoms with Crippen molar-refractivity contribution in [2.24, 2.45) is 0 Å². The van der Waals surface area contributed by atoms with Gasteiger partial charge in [-0.25, -0.2) is 8.37 Å². The number of ether oxygens (including phenoxy) is 1. The first-order valence-electron chi connectivity index (χ1n) is 2.35. The molecule has 0 spiro atoms. The van der Waals surface area contributed by atoms with Crippen molar-refractivity contribution in [3.8, 4) is 0 Å². The monoisotopic (exact) mass is 188 g/mol. The van der Waals surface area contributed by atoms with Crippen LogP contribution in [0.2, 0.25) is 0 Å². The predicted octanol–water partition coefficient (Wildman–Crippen LogP) is -0.299. The molecule has 0 saturated heterocycles. The summed E-state index contributed by atoms with van der Waals surface area (Å²) in [7, 11) is -0.439. The lowest BCUT2D eigenvalue weighted by Gasteiger charge is -2.01. The van der Waals surface area contributed by atoms with E-state index in [1.807, 2.05) is 0 Å². The third-order valence-corrected chi connectivity index (χ3v) is 1.74. The number of hydrogen-bond acceptors (Lipinski definition) is 5. The molecule has 0 heterocycles. The standard InChI is InChI=1S/C3H9O5PS/c1-6-2-7-10(4,5)8-3-9/h2-3,9H2,1H3. The van der Waals surface area contributed by atoms with Gasteiger partial charge in [-0.3, -0.25) is 0 Å². The van der Waals surface area contributed by atoms with E-state index in [0.717, 1.165) is 0 Å². The van der Waals surface area contributed by atoms with Gasteiger partial charge in [-0.1, -0.05) is 0 Å². The molecule has 10 heavy (non-hydrogen) atoms. The van der Waals surface area contributed by atoms with Gasteiger partial charge in [0.05, 0.1) is 6.35 Å². The average Bonchev–Trinajstić information content (AvgIpc) is 1.84. The van der Waals surface area contributed by atoms with Crippen molar-refractivity contribution in [2.45, 2.75) is 0 Å². The van der Waals surface area contributed by atoms with Gasteiger partial charge in [0.2, 0.25) is 0 Å². The van der Waals surface area contributed by atoms with Crippen molar-refractivity contribution in [1.29, 1.82) is 0 Å². The van der Waals surface area contributed by atoms with Crippen LogP contribution < -0.4 is 0 Å². The van der Waals surface area contributed by atoms with Crippen molar-refractivity contribution in [3.05, 3.63) is 0 Å². The van der Waals surface area contributed by atoms with E-state index in [0.29, 0.717) is 0 Å². The van der Waals surface area contributed by atoms with Crippen LogP contribution in [0.1, 0.15) is 0 Å². The fraction of sp³-hybridized carbons (Fsp3) is 1.00. The fourth-order valence-electron chi connectivity index (χ4n) is 0.224. The smallest absolute Gasteiger partial charge is 0.357 e. The van der Waals surface area contributed by atoms with Gasteiger partial charge in [0.1, 0.15) is 0 Å². The molecular weight excluding hydrogens is 179 g/mol. The molecule has 0 aromatic heterocycles. The quantitative estimate of drug-likeness (QED) is 0.438. The van der Waals surface area contributed by atoms with Crippen molar-refractivity contribution < 1.29 is 21.5 Å². The minimum atomic E-state index is -3.84. The first-order valence-corrected chi connectivity index (χ1v) is 4.50. The summed E-state index contributed by atoms with van der Waals surface area (Å²) in [5.74, 6) is 0. The Balaban J connectivity index is 3.65. The Kier molecular flexibility index (Phi) is 5.11. The highest BCUT2D eigenvalue weighted by Gasteiger charge is 2.08. The second-order valence-electron chi connectivity index (χ2n) is 1.22. The average molecular weight is 188 g/mol. The van der Waals surface area contributed by atoms with Crippen LogP contribution in [0.4, 0.5) is 0 Å². The topological polar surface area (TPSA) is 61.8 Å². The van der Waals surface area contributed by atoms with Gasteiger partial charge in [0.15, 0.2) is 6.79 Å². The molecule has 0 aromatic rings. The van der Waals surface area contributed by atoms with E-state index in [1.54, 1.807) is 0 Å². The third kappa shape index (κ3) is 5.08. The van der Waals surface area contributed by atoms with Gasteiger partial charge in [-0.05, 0) is 0 Å². The van der Waals surface area contributed by atoms with E-state index >= 15 is 0 Å². The van der Waals surface area contributed by atoms with Gasteiger partial charge in [0.25, 0.3) is 0 Å². The van der Waals surface area contributed by atoms with Gasteiger partial charge < -0.3 is 4.74 Å². The van der Waals surface area contributed by atoms with Crippen LogP contribution in [-0.4, -0.2) is 28.7 Å². The Morgan fingerprint density at radius 2 is 2.00 bits per heavy atom. The fourth-order valence-corrected chi connectivity index (χ4v) is 1.17. The summed E-state index contributed by atoms with van der Waals surface area (Å²) < 4.78 is 33.5. The molecule has 0 amide bonds. The molecule has 5 nitrogen and oxygen atoms in total. The van der Waals surface area contributed by atoms with Crippen LogP contribution >= 0.6 is 9.24 Å². The van der Waals surface area contributed by atoms with Gasteiger partial charge >= 0.3 is 10.4 Å².